The molecule has 0 bridgehead atoms. The van der Waals surface area contributed by atoms with E-state index in [-0.39, 0.29) is 6.54 Å². The Kier molecular flexibility index (Phi) is 5.29. The van der Waals surface area contributed by atoms with Crippen molar-refractivity contribution in [2.24, 2.45) is 0 Å². The SMILES string of the molecule is CCOC(=O)c1cccnc1NCC(O)c1ccccc1. The number of aliphatic hydroxyl groups is 1. The Morgan fingerprint density at radius 1 is 1.29 bits per heavy atom. The standard InChI is InChI=1S/C16H18N2O3/c1-2-21-16(20)13-9-6-10-17-15(13)18-11-14(19)12-7-4-3-5-8-12/h3-10,14,19H,2,11H2,1H3,(H,17,18). The average molecular weight is 286 g/mol. The van der Waals surface area contributed by atoms with Crippen molar-refractivity contribution in [3.63, 3.8) is 0 Å². The summed E-state index contributed by atoms with van der Waals surface area (Å²) in [6.45, 7) is 2.31. The quantitative estimate of drug-likeness (QED) is 0.798. The highest BCUT2D eigenvalue weighted by Crippen LogP contribution is 2.16. The van der Waals surface area contributed by atoms with Crippen LogP contribution in [-0.2, 0) is 4.74 Å². The lowest BCUT2D eigenvalue weighted by Gasteiger charge is -2.14. The molecule has 5 nitrogen and oxygen atoms in total. The van der Waals surface area contributed by atoms with E-state index >= 15 is 0 Å². The third kappa shape index (κ3) is 4.03. The molecule has 110 valence electrons. The zero-order valence-electron chi connectivity index (χ0n) is 11.8. The van der Waals surface area contributed by atoms with E-state index in [9.17, 15) is 9.90 Å². The van der Waals surface area contributed by atoms with Crippen molar-refractivity contribution in [2.45, 2.75) is 13.0 Å². The van der Waals surface area contributed by atoms with Crippen LogP contribution in [0.15, 0.2) is 48.7 Å². The highest BCUT2D eigenvalue weighted by atomic mass is 16.5. The highest BCUT2D eigenvalue weighted by Gasteiger charge is 2.14. The molecule has 0 spiro atoms. The summed E-state index contributed by atoms with van der Waals surface area (Å²) in [5.41, 5.74) is 1.17. The van der Waals surface area contributed by atoms with Crippen molar-refractivity contribution in [3.05, 3.63) is 59.8 Å². The van der Waals surface area contributed by atoms with Crippen LogP contribution in [-0.4, -0.2) is 29.2 Å². The van der Waals surface area contributed by atoms with Gasteiger partial charge in [-0.2, -0.15) is 0 Å². The summed E-state index contributed by atoms with van der Waals surface area (Å²) < 4.78 is 4.98. The van der Waals surface area contributed by atoms with Gasteiger partial charge >= 0.3 is 5.97 Å². The third-order valence-corrected chi connectivity index (χ3v) is 2.95. The lowest BCUT2D eigenvalue weighted by Crippen LogP contribution is -2.16. The van der Waals surface area contributed by atoms with Crippen LogP contribution in [0.3, 0.4) is 0 Å². The lowest BCUT2D eigenvalue weighted by molar-refractivity contribution is 0.0527. The molecule has 2 rings (SSSR count). The summed E-state index contributed by atoms with van der Waals surface area (Å²) in [5, 5.41) is 13.1. The molecule has 0 amide bonds. The molecule has 1 unspecified atom stereocenters. The minimum absolute atomic E-state index is 0.257. The minimum atomic E-state index is -0.678. The monoisotopic (exact) mass is 286 g/mol. The molecule has 0 aliphatic heterocycles. The van der Waals surface area contributed by atoms with Crippen molar-refractivity contribution in [1.29, 1.82) is 0 Å². The Morgan fingerprint density at radius 3 is 2.76 bits per heavy atom. The summed E-state index contributed by atoms with van der Waals surface area (Å²) in [4.78, 5) is 15.9. The highest BCUT2D eigenvalue weighted by molar-refractivity contribution is 5.94. The number of esters is 1. The largest absolute Gasteiger partial charge is 0.462 e. The normalized spacial score (nSPS) is 11.7. The van der Waals surface area contributed by atoms with Crippen molar-refractivity contribution in [2.75, 3.05) is 18.5 Å². The molecule has 1 heterocycles. The molecular formula is C16H18N2O3. The minimum Gasteiger partial charge on any atom is -0.462 e. The number of hydrogen-bond donors (Lipinski definition) is 2. The Balaban J connectivity index is 2.05. The summed E-state index contributed by atoms with van der Waals surface area (Å²) in [7, 11) is 0. The number of anilines is 1. The molecule has 0 saturated heterocycles. The molecule has 5 heteroatoms. The second-order valence-corrected chi connectivity index (χ2v) is 4.43. The maximum atomic E-state index is 11.8. The van der Waals surface area contributed by atoms with E-state index in [2.05, 4.69) is 10.3 Å². The Labute approximate surface area is 123 Å². The number of pyridine rings is 1. The van der Waals surface area contributed by atoms with Crippen LogP contribution in [0.4, 0.5) is 5.82 Å². The first-order valence-electron chi connectivity index (χ1n) is 6.81. The first-order valence-corrected chi connectivity index (χ1v) is 6.81. The van der Waals surface area contributed by atoms with Crippen LogP contribution in [0.25, 0.3) is 0 Å². The molecule has 0 fully saturated rings. The van der Waals surface area contributed by atoms with E-state index in [1.54, 1.807) is 25.3 Å². The summed E-state index contributed by atoms with van der Waals surface area (Å²) in [5.74, 6) is -0.0202. The molecule has 0 saturated carbocycles. The molecule has 0 aliphatic rings. The number of carbonyl (C=O) groups excluding carboxylic acids is 1. The van der Waals surface area contributed by atoms with Crippen LogP contribution in [0.2, 0.25) is 0 Å². The molecule has 2 aromatic rings. The van der Waals surface area contributed by atoms with Gasteiger partial charge in [-0.3, -0.25) is 0 Å². The van der Waals surface area contributed by atoms with Crippen LogP contribution in [0.5, 0.6) is 0 Å². The van der Waals surface area contributed by atoms with Gasteiger partial charge in [-0.05, 0) is 24.6 Å². The van der Waals surface area contributed by atoms with Crippen molar-refractivity contribution in [3.8, 4) is 0 Å². The second-order valence-electron chi connectivity index (χ2n) is 4.43. The zero-order chi connectivity index (χ0) is 15.1. The second kappa shape index (κ2) is 7.40. The first kappa shape index (κ1) is 15.0. The van der Waals surface area contributed by atoms with Crippen LogP contribution < -0.4 is 5.32 Å². The fraction of sp³-hybridized carbons (Fsp3) is 0.250. The van der Waals surface area contributed by atoms with Gasteiger partial charge in [-0.25, -0.2) is 9.78 Å². The maximum Gasteiger partial charge on any atom is 0.341 e. The number of nitrogens with one attached hydrogen (secondary N) is 1. The van der Waals surface area contributed by atoms with Gasteiger partial charge in [0.05, 0.1) is 12.7 Å². The first-order chi connectivity index (χ1) is 10.2. The van der Waals surface area contributed by atoms with E-state index in [0.29, 0.717) is 18.0 Å². The fourth-order valence-electron chi connectivity index (χ4n) is 1.91. The van der Waals surface area contributed by atoms with Gasteiger partial charge in [0, 0.05) is 12.7 Å². The zero-order valence-corrected chi connectivity index (χ0v) is 11.8. The predicted molar refractivity (Wildman–Crippen MR) is 80.1 cm³/mol. The number of ether oxygens (including phenoxy) is 1. The van der Waals surface area contributed by atoms with Gasteiger partial charge < -0.3 is 15.2 Å². The Morgan fingerprint density at radius 2 is 2.05 bits per heavy atom. The molecule has 1 aromatic heterocycles. The fourth-order valence-corrected chi connectivity index (χ4v) is 1.91. The number of carbonyl (C=O) groups is 1. The van der Waals surface area contributed by atoms with Crippen LogP contribution in [0.1, 0.15) is 28.9 Å². The van der Waals surface area contributed by atoms with Crippen molar-refractivity contribution in [1.82, 2.24) is 4.98 Å². The van der Waals surface area contributed by atoms with Crippen molar-refractivity contribution < 1.29 is 14.6 Å². The lowest BCUT2D eigenvalue weighted by atomic mass is 10.1. The molecule has 1 atom stereocenters. The molecule has 0 aliphatic carbocycles. The molecular weight excluding hydrogens is 268 g/mol. The molecule has 2 N–H and O–H groups in total. The number of aromatic nitrogens is 1. The van der Waals surface area contributed by atoms with Gasteiger partial charge in [0.15, 0.2) is 0 Å². The number of nitrogens with zero attached hydrogens (tertiary/aromatic N) is 1. The maximum absolute atomic E-state index is 11.8. The number of benzene rings is 1. The third-order valence-electron chi connectivity index (χ3n) is 2.95. The molecule has 1 aromatic carbocycles. The van der Waals surface area contributed by atoms with Gasteiger partial charge in [-0.15, -0.1) is 0 Å². The number of aliphatic hydroxyl groups excluding tert-OH is 1. The topological polar surface area (TPSA) is 71.5 Å². The molecule has 0 radical (unpaired) electrons. The summed E-state index contributed by atoms with van der Waals surface area (Å²) in [6.07, 6.45) is 0.906. The van der Waals surface area contributed by atoms with E-state index in [4.69, 9.17) is 4.74 Å². The van der Waals surface area contributed by atoms with Crippen LogP contribution in [0, 0.1) is 0 Å². The van der Waals surface area contributed by atoms with E-state index < -0.39 is 12.1 Å². The summed E-state index contributed by atoms with van der Waals surface area (Å²) >= 11 is 0. The molecule has 21 heavy (non-hydrogen) atoms. The Hall–Kier alpha value is -2.40. The smallest absolute Gasteiger partial charge is 0.341 e. The van der Waals surface area contributed by atoms with Gasteiger partial charge in [0.2, 0.25) is 0 Å². The van der Waals surface area contributed by atoms with Gasteiger partial charge in [-0.1, -0.05) is 30.3 Å². The van der Waals surface area contributed by atoms with E-state index in [0.717, 1.165) is 5.56 Å². The van der Waals surface area contributed by atoms with E-state index in [1.165, 1.54) is 0 Å². The number of hydrogen-bond acceptors (Lipinski definition) is 5. The van der Waals surface area contributed by atoms with Crippen molar-refractivity contribution >= 4 is 11.8 Å². The summed E-state index contributed by atoms with van der Waals surface area (Å²) in [6, 6.07) is 12.6. The predicted octanol–water partition coefficient (Wildman–Crippen LogP) is 2.40. The Bertz CT molecular complexity index is 587. The van der Waals surface area contributed by atoms with Gasteiger partial charge in [0.25, 0.3) is 0 Å². The van der Waals surface area contributed by atoms with E-state index in [1.807, 2.05) is 30.3 Å². The average Bonchev–Trinajstić information content (AvgIpc) is 2.54. The van der Waals surface area contributed by atoms with Gasteiger partial charge in [0.1, 0.15) is 11.4 Å². The van der Waals surface area contributed by atoms with Crippen LogP contribution >= 0.6 is 0 Å². The number of rotatable bonds is 6.